The molecule has 2 aromatic rings. The van der Waals surface area contributed by atoms with Gasteiger partial charge >= 0.3 is 11.8 Å². The van der Waals surface area contributed by atoms with Gasteiger partial charge in [-0.2, -0.15) is 0 Å². The Kier molecular flexibility index (Phi) is 4.88. The zero-order valence-corrected chi connectivity index (χ0v) is 13.4. The minimum atomic E-state index is -0.733. The van der Waals surface area contributed by atoms with Gasteiger partial charge in [-0.05, 0) is 44.5 Å². The summed E-state index contributed by atoms with van der Waals surface area (Å²) in [5.41, 5.74) is 2.19. The molecular weight excluding hydrogens is 304 g/mol. The number of rotatable bonds is 3. The topological polar surface area (TPSA) is 71.3 Å². The van der Waals surface area contributed by atoms with Crippen LogP contribution < -0.4 is 10.6 Å². The van der Waals surface area contributed by atoms with Gasteiger partial charge in [-0.15, -0.1) is 0 Å². The molecule has 2 rings (SSSR count). The minimum Gasteiger partial charge on any atom is -0.466 e. The van der Waals surface area contributed by atoms with Crippen LogP contribution in [0.15, 0.2) is 28.7 Å². The van der Waals surface area contributed by atoms with E-state index in [0.717, 1.165) is 22.6 Å². The molecule has 116 valence electrons. The highest BCUT2D eigenvalue weighted by Crippen LogP contribution is 2.20. The first-order valence-electron chi connectivity index (χ1n) is 6.78. The molecule has 0 fully saturated rings. The lowest BCUT2D eigenvalue weighted by Crippen LogP contribution is -2.35. The van der Waals surface area contributed by atoms with Gasteiger partial charge in [-0.25, -0.2) is 0 Å². The second kappa shape index (κ2) is 6.66. The second-order valence-electron chi connectivity index (χ2n) is 5.03. The van der Waals surface area contributed by atoms with E-state index in [0.29, 0.717) is 10.7 Å². The molecule has 0 aliphatic rings. The number of aryl methyl sites for hydroxylation is 3. The maximum absolute atomic E-state index is 11.9. The molecule has 0 radical (unpaired) electrons. The van der Waals surface area contributed by atoms with Crippen LogP contribution >= 0.6 is 11.6 Å². The zero-order valence-electron chi connectivity index (χ0n) is 12.6. The first kappa shape index (κ1) is 16.1. The molecule has 2 N–H and O–H groups in total. The van der Waals surface area contributed by atoms with Crippen molar-refractivity contribution < 1.29 is 14.0 Å². The lowest BCUT2D eigenvalue weighted by Gasteiger charge is -2.09. The van der Waals surface area contributed by atoms with E-state index >= 15 is 0 Å². The Morgan fingerprint density at radius 3 is 2.50 bits per heavy atom. The molecule has 1 aromatic carbocycles. The number of amides is 2. The van der Waals surface area contributed by atoms with Crippen molar-refractivity contribution >= 4 is 29.1 Å². The number of nitrogens with one attached hydrogen (secondary N) is 2. The van der Waals surface area contributed by atoms with E-state index < -0.39 is 11.8 Å². The fourth-order valence-electron chi connectivity index (χ4n) is 2.02. The van der Waals surface area contributed by atoms with Crippen molar-refractivity contribution in [1.82, 2.24) is 5.32 Å². The smallest absolute Gasteiger partial charge is 0.313 e. The number of carbonyl (C=O) groups is 2. The fraction of sp³-hybridized carbons (Fsp3) is 0.250. The van der Waals surface area contributed by atoms with Crippen molar-refractivity contribution in [2.45, 2.75) is 27.3 Å². The molecule has 6 heteroatoms. The predicted molar refractivity (Wildman–Crippen MR) is 84.8 cm³/mol. The maximum atomic E-state index is 11.9. The Bertz CT molecular complexity index is 722. The van der Waals surface area contributed by atoms with Crippen LogP contribution in [-0.2, 0) is 16.1 Å². The first-order chi connectivity index (χ1) is 10.4. The molecule has 22 heavy (non-hydrogen) atoms. The van der Waals surface area contributed by atoms with E-state index in [1.165, 1.54) is 0 Å². The van der Waals surface area contributed by atoms with E-state index in [1.54, 1.807) is 18.2 Å². The SMILES string of the molecule is Cc1cc(CNC(=O)C(=O)Nc2cc(Cl)ccc2C)c(C)o1. The minimum absolute atomic E-state index is 0.240. The standard InChI is InChI=1S/C16H17ClN2O3/c1-9-4-5-13(17)7-14(9)19-16(21)15(20)18-8-12-6-10(2)22-11(12)3/h4-7H,8H2,1-3H3,(H,18,20)(H,19,21). The van der Waals surface area contributed by atoms with Crippen LogP contribution in [-0.4, -0.2) is 11.8 Å². The Balaban J connectivity index is 1.96. The highest BCUT2D eigenvalue weighted by Gasteiger charge is 2.15. The average molecular weight is 321 g/mol. The quantitative estimate of drug-likeness (QED) is 0.854. The highest BCUT2D eigenvalue weighted by atomic mass is 35.5. The van der Waals surface area contributed by atoms with E-state index in [2.05, 4.69) is 10.6 Å². The monoisotopic (exact) mass is 320 g/mol. The van der Waals surface area contributed by atoms with Crippen LogP contribution in [0, 0.1) is 20.8 Å². The van der Waals surface area contributed by atoms with Gasteiger partial charge < -0.3 is 15.1 Å². The van der Waals surface area contributed by atoms with Crippen molar-refractivity contribution in [2.75, 3.05) is 5.32 Å². The first-order valence-corrected chi connectivity index (χ1v) is 7.16. The summed E-state index contributed by atoms with van der Waals surface area (Å²) in [7, 11) is 0. The van der Waals surface area contributed by atoms with Crippen LogP contribution in [0.3, 0.4) is 0 Å². The normalized spacial score (nSPS) is 10.4. The molecule has 5 nitrogen and oxygen atoms in total. The van der Waals surface area contributed by atoms with Gasteiger partial charge in [0.1, 0.15) is 11.5 Å². The molecule has 0 saturated carbocycles. The number of anilines is 1. The summed E-state index contributed by atoms with van der Waals surface area (Å²) in [5, 5.41) is 5.60. The van der Waals surface area contributed by atoms with Crippen LogP contribution in [0.5, 0.6) is 0 Å². The summed E-state index contributed by atoms with van der Waals surface area (Å²) in [6, 6.07) is 6.92. The molecule has 1 heterocycles. The van der Waals surface area contributed by atoms with Gasteiger partial charge in [-0.1, -0.05) is 17.7 Å². The highest BCUT2D eigenvalue weighted by molar-refractivity contribution is 6.40. The van der Waals surface area contributed by atoms with E-state index in [9.17, 15) is 9.59 Å². The largest absolute Gasteiger partial charge is 0.466 e. The molecule has 0 aliphatic carbocycles. The van der Waals surface area contributed by atoms with Gasteiger partial charge in [0.15, 0.2) is 0 Å². The van der Waals surface area contributed by atoms with E-state index in [4.69, 9.17) is 16.0 Å². The molecular formula is C16H17ClN2O3. The number of carbonyl (C=O) groups excluding carboxylic acids is 2. The van der Waals surface area contributed by atoms with Gasteiger partial charge in [0.25, 0.3) is 0 Å². The van der Waals surface area contributed by atoms with Crippen LogP contribution in [0.25, 0.3) is 0 Å². The van der Waals surface area contributed by atoms with Crippen LogP contribution in [0.1, 0.15) is 22.6 Å². The molecule has 0 bridgehead atoms. The number of hydrogen-bond donors (Lipinski definition) is 2. The second-order valence-corrected chi connectivity index (χ2v) is 5.47. The van der Waals surface area contributed by atoms with Gasteiger partial charge in [-0.3, -0.25) is 9.59 Å². The molecule has 0 unspecified atom stereocenters. The molecule has 0 atom stereocenters. The van der Waals surface area contributed by atoms with Crippen molar-refractivity contribution in [3.63, 3.8) is 0 Å². The lowest BCUT2D eigenvalue weighted by molar-refractivity contribution is -0.136. The molecule has 0 aliphatic heterocycles. The summed E-state index contributed by atoms with van der Waals surface area (Å²) in [5.74, 6) is 0.0468. The number of halogens is 1. The molecule has 2 amide bonds. The van der Waals surface area contributed by atoms with Gasteiger partial charge in [0.05, 0.1) is 0 Å². The lowest BCUT2D eigenvalue weighted by atomic mass is 10.2. The van der Waals surface area contributed by atoms with E-state index in [1.807, 2.05) is 26.8 Å². The Hall–Kier alpha value is -2.27. The Labute approximate surface area is 133 Å². The summed E-state index contributed by atoms with van der Waals surface area (Å²) in [6.45, 7) is 5.70. The van der Waals surface area contributed by atoms with E-state index in [-0.39, 0.29) is 6.54 Å². The average Bonchev–Trinajstić information content (AvgIpc) is 2.78. The van der Waals surface area contributed by atoms with Gasteiger partial charge in [0.2, 0.25) is 0 Å². The zero-order chi connectivity index (χ0) is 16.3. The number of furan rings is 1. The fourth-order valence-corrected chi connectivity index (χ4v) is 2.19. The van der Waals surface area contributed by atoms with Gasteiger partial charge in [0, 0.05) is 22.8 Å². The summed E-state index contributed by atoms with van der Waals surface area (Å²) >= 11 is 5.88. The number of benzene rings is 1. The summed E-state index contributed by atoms with van der Waals surface area (Å²) < 4.78 is 5.37. The maximum Gasteiger partial charge on any atom is 0.313 e. The molecule has 1 aromatic heterocycles. The molecule has 0 spiro atoms. The van der Waals surface area contributed by atoms with Crippen LogP contribution in [0.2, 0.25) is 5.02 Å². The third kappa shape index (κ3) is 3.89. The summed E-state index contributed by atoms with van der Waals surface area (Å²) in [6.07, 6.45) is 0. The van der Waals surface area contributed by atoms with Crippen LogP contribution in [0.4, 0.5) is 5.69 Å². The number of hydrogen-bond acceptors (Lipinski definition) is 3. The van der Waals surface area contributed by atoms with Crippen molar-refractivity contribution in [3.8, 4) is 0 Å². The summed E-state index contributed by atoms with van der Waals surface area (Å²) in [4.78, 5) is 23.7. The van der Waals surface area contributed by atoms with Crippen molar-refractivity contribution in [3.05, 3.63) is 51.9 Å². The van der Waals surface area contributed by atoms with Crippen molar-refractivity contribution in [2.24, 2.45) is 0 Å². The third-order valence-electron chi connectivity index (χ3n) is 3.24. The Morgan fingerprint density at radius 2 is 1.86 bits per heavy atom. The third-order valence-corrected chi connectivity index (χ3v) is 3.47. The Morgan fingerprint density at radius 1 is 1.14 bits per heavy atom. The molecule has 0 saturated heterocycles. The van der Waals surface area contributed by atoms with Crippen molar-refractivity contribution in [1.29, 1.82) is 0 Å². The predicted octanol–water partition coefficient (Wildman–Crippen LogP) is 3.11.